The first-order valence-electron chi connectivity index (χ1n) is 9.08. The van der Waals surface area contributed by atoms with Crippen LogP contribution in [0, 0.1) is 19.7 Å². The third-order valence-corrected chi connectivity index (χ3v) is 5.83. The van der Waals surface area contributed by atoms with Crippen LogP contribution in [0.5, 0.6) is 0 Å². The van der Waals surface area contributed by atoms with Gasteiger partial charge in [-0.05, 0) is 56.0 Å². The Bertz CT molecular complexity index is 995. The first-order chi connectivity index (χ1) is 13.0. The van der Waals surface area contributed by atoms with Gasteiger partial charge < -0.3 is 4.74 Å². The molecule has 0 aliphatic carbocycles. The van der Waals surface area contributed by atoms with Gasteiger partial charge >= 0.3 is 0 Å². The van der Waals surface area contributed by atoms with Gasteiger partial charge in [-0.15, -0.1) is 0 Å². The molecule has 0 N–H and O–H groups in total. The summed E-state index contributed by atoms with van der Waals surface area (Å²) < 4.78 is 21.0. The van der Waals surface area contributed by atoms with Gasteiger partial charge in [-0.1, -0.05) is 29.5 Å². The van der Waals surface area contributed by atoms with E-state index < -0.39 is 5.82 Å². The van der Waals surface area contributed by atoms with E-state index in [1.54, 1.807) is 17.0 Å². The summed E-state index contributed by atoms with van der Waals surface area (Å²) in [5.74, 6) is -0.898. The van der Waals surface area contributed by atoms with Gasteiger partial charge in [0.2, 0.25) is 0 Å². The monoisotopic (exact) mass is 384 g/mol. The first-order valence-corrected chi connectivity index (χ1v) is 9.90. The largest absolute Gasteiger partial charge is 0.376 e. The minimum absolute atomic E-state index is 0.0458. The highest BCUT2D eigenvalue weighted by molar-refractivity contribution is 7.22. The molecular formula is C21H21FN2O2S. The predicted molar refractivity (Wildman–Crippen MR) is 106 cm³/mol. The maximum Gasteiger partial charge on any atom is 0.263 e. The Morgan fingerprint density at radius 1 is 1.33 bits per heavy atom. The highest BCUT2D eigenvalue weighted by Crippen LogP contribution is 2.33. The van der Waals surface area contributed by atoms with Gasteiger partial charge in [0.25, 0.3) is 5.91 Å². The van der Waals surface area contributed by atoms with Crippen LogP contribution in [0.1, 0.15) is 34.3 Å². The summed E-state index contributed by atoms with van der Waals surface area (Å²) in [4.78, 5) is 19.5. The zero-order valence-corrected chi connectivity index (χ0v) is 16.2. The number of hydrogen-bond acceptors (Lipinski definition) is 4. The predicted octanol–water partition coefficient (Wildman–Crippen LogP) is 4.88. The van der Waals surface area contributed by atoms with Crippen LogP contribution in [0.4, 0.5) is 9.52 Å². The van der Waals surface area contributed by atoms with E-state index in [9.17, 15) is 9.18 Å². The number of thiazole rings is 1. The van der Waals surface area contributed by atoms with Crippen LogP contribution in [-0.4, -0.2) is 30.1 Å². The fourth-order valence-electron chi connectivity index (χ4n) is 3.49. The molecule has 1 unspecified atom stereocenters. The second kappa shape index (κ2) is 7.37. The van der Waals surface area contributed by atoms with Crippen molar-refractivity contribution in [2.24, 2.45) is 0 Å². The van der Waals surface area contributed by atoms with Crippen LogP contribution in [0.25, 0.3) is 10.2 Å². The van der Waals surface area contributed by atoms with Gasteiger partial charge in [0.1, 0.15) is 5.82 Å². The van der Waals surface area contributed by atoms with E-state index in [0.29, 0.717) is 18.3 Å². The number of ether oxygens (including phenoxy) is 1. The van der Waals surface area contributed by atoms with Crippen molar-refractivity contribution in [3.05, 3.63) is 58.9 Å². The topological polar surface area (TPSA) is 42.4 Å². The van der Waals surface area contributed by atoms with Crippen LogP contribution in [0.15, 0.2) is 36.4 Å². The van der Waals surface area contributed by atoms with Crippen molar-refractivity contribution in [1.29, 1.82) is 0 Å². The number of rotatable bonds is 4. The van der Waals surface area contributed by atoms with Gasteiger partial charge in [0.15, 0.2) is 5.13 Å². The summed E-state index contributed by atoms with van der Waals surface area (Å²) in [6.45, 7) is 5.14. The number of carbonyl (C=O) groups excluding carboxylic acids is 1. The molecule has 2 aromatic carbocycles. The average molecular weight is 384 g/mol. The summed E-state index contributed by atoms with van der Waals surface area (Å²) in [6, 6.07) is 10.2. The Labute approximate surface area is 161 Å². The molecule has 0 radical (unpaired) electrons. The number of carbonyl (C=O) groups is 1. The standard InChI is InChI=1S/C21H21FN2O2S/c1-13-10-14(2)19-18(11-13)27-21(23-19)24(12-15-6-5-9-26-15)20(25)16-7-3-4-8-17(16)22/h3-4,7-8,10-11,15H,5-6,9,12H2,1-2H3. The molecule has 4 nitrogen and oxygen atoms in total. The summed E-state index contributed by atoms with van der Waals surface area (Å²) in [6.07, 6.45) is 1.82. The Morgan fingerprint density at radius 3 is 2.89 bits per heavy atom. The van der Waals surface area contributed by atoms with E-state index in [0.717, 1.165) is 34.2 Å². The lowest BCUT2D eigenvalue weighted by molar-refractivity contribution is 0.0914. The molecule has 1 atom stereocenters. The average Bonchev–Trinajstić information content (AvgIpc) is 3.29. The lowest BCUT2D eigenvalue weighted by Crippen LogP contribution is -2.37. The molecule has 0 saturated carbocycles. The van der Waals surface area contributed by atoms with Crippen molar-refractivity contribution in [1.82, 2.24) is 4.98 Å². The number of fused-ring (bicyclic) bond motifs is 1. The Hall–Kier alpha value is -2.31. The molecule has 27 heavy (non-hydrogen) atoms. The lowest BCUT2D eigenvalue weighted by Gasteiger charge is -2.23. The molecule has 1 aliphatic heterocycles. The van der Waals surface area contributed by atoms with Crippen molar-refractivity contribution >= 4 is 32.6 Å². The molecule has 140 valence electrons. The van der Waals surface area contributed by atoms with Gasteiger partial charge in [0, 0.05) is 6.61 Å². The molecule has 1 fully saturated rings. The van der Waals surface area contributed by atoms with E-state index >= 15 is 0 Å². The first kappa shape index (κ1) is 18.1. The summed E-state index contributed by atoms with van der Waals surface area (Å²) in [5.41, 5.74) is 3.17. The quantitative estimate of drug-likeness (QED) is 0.644. The maximum atomic E-state index is 14.3. The Morgan fingerprint density at radius 2 is 2.15 bits per heavy atom. The van der Waals surface area contributed by atoms with E-state index in [-0.39, 0.29) is 17.6 Å². The minimum Gasteiger partial charge on any atom is -0.376 e. The van der Waals surface area contributed by atoms with Gasteiger partial charge in [-0.2, -0.15) is 0 Å². The zero-order chi connectivity index (χ0) is 19.0. The molecule has 3 aromatic rings. The molecule has 2 heterocycles. The summed E-state index contributed by atoms with van der Waals surface area (Å²) >= 11 is 1.46. The second-order valence-corrected chi connectivity index (χ2v) is 7.96. The smallest absolute Gasteiger partial charge is 0.263 e. The minimum atomic E-state index is -0.520. The molecule has 6 heteroatoms. The Kier molecular flexibility index (Phi) is 4.93. The third kappa shape index (κ3) is 3.59. The van der Waals surface area contributed by atoms with Crippen LogP contribution in [0.3, 0.4) is 0 Å². The normalized spacial score (nSPS) is 16.8. The Balaban J connectivity index is 1.76. The third-order valence-electron chi connectivity index (χ3n) is 4.81. The van der Waals surface area contributed by atoms with E-state index in [4.69, 9.17) is 9.72 Å². The highest BCUT2D eigenvalue weighted by Gasteiger charge is 2.28. The number of hydrogen-bond donors (Lipinski definition) is 0. The number of nitrogens with zero attached hydrogens (tertiary/aromatic N) is 2. The number of halogens is 1. The van der Waals surface area contributed by atoms with Crippen molar-refractivity contribution < 1.29 is 13.9 Å². The van der Waals surface area contributed by atoms with Crippen molar-refractivity contribution in [3.63, 3.8) is 0 Å². The molecule has 1 amide bonds. The molecule has 1 aliphatic rings. The summed E-state index contributed by atoms with van der Waals surface area (Å²) in [7, 11) is 0. The molecule has 0 spiro atoms. The number of benzene rings is 2. The maximum absolute atomic E-state index is 14.3. The number of amides is 1. The molecule has 1 saturated heterocycles. The van der Waals surface area contributed by atoms with Crippen molar-refractivity contribution in [3.8, 4) is 0 Å². The SMILES string of the molecule is Cc1cc(C)c2nc(N(CC3CCCO3)C(=O)c3ccccc3F)sc2c1. The molecule has 1 aromatic heterocycles. The van der Waals surface area contributed by atoms with Crippen LogP contribution >= 0.6 is 11.3 Å². The number of anilines is 1. The van der Waals surface area contributed by atoms with Crippen LogP contribution in [0.2, 0.25) is 0 Å². The second-order valence-electron chi connectivity index (χ2n) is 6.96. The van der Waals surface area contributed by atoms with Crippen molar-refractivity contribution in [2.45, 2.75) is 32.8 Å². The lowest BCUT2D eigenvalue weighted by atomic mass is 10.1. The summed E-state index contributed by atoms with van der Waals surface area (Å²) in [5, 5.41) is 0.586. The zero-order valence-electron chi connectivity index (χ0n) is 15.4. The van der Waals surface area contributed by atoms with Crippen LogP contribution < -0.4 is 4.90 Å². The highest BCUT2D eigenvalue weighted by atomic mass is 32.1. The molecular weight excluding hydrogens is 363 g/mol. The fraction of sp³-hybridized carbons (Fsp3) is 0.333. The van der Waals surface area contributed by atoms with Crippen LogP contribution in [-0.2, 0) is 4.74 Å². The van der Waals surface area contributed by atoms with Gasteiger partial charge in [-0.25, -0.2) is 9.37 Å². The number of aryl methyl sites for hydroxylation is 2. The molecule has 0 bridgehead atoms. The number of aromatic nitrogens is 1. The fourth-order valence-corrected chi connectivity index (χ4v) is 4.64. The molecule has 4 rings (SSSR count). The van der Waals surface area contributed by atoms with E-state index in [1.807, 2.05) is 13.8 Å². The van der Waals surface area contributed by atoms with Gasteiger partial charge in [0.05, 0.1) is 28.4 Å². The van der Waals surface area contributed by atoms with Crippen molar-refractivity contribution in [2.75, 3.05) is 18.1 Å². The van der Waals surface area contributed by atoms with E-state index in [1.165, 1.54) is 23.5 Å². The van der Waals surface area contributed by atoms with E-state index in [2.05, 4.69) is 12.1 Å². The van der Waals surface area contributed by atoms with Gasteiger partial charge in [-0.3, -0.25) is 9.69 Å².